The third-order valence-electron chi connectivity index (χ3n) is 2.23. The minimum absolute atomic E-state index is 0.0375. The number of esters is 1. The lowest BCUT2D eigenvalue weighted by molar-refractivity contribution is -0.137. The lowest BCUT2D eigenvalue weighted by Gasteiger charge is -2.02. The van der Waals surface area contributed by atoms with Crippen molar-refractivity contribution in [3.63, 3.8) is 0 Å². The fourth-order valence-electron chi connectivity index (χ4n) is 1.28. The predicted octanol–water partition coefficient (Wildman–Crippen LogP) is 1.33. The van der Waals surface area contributed by atoms with Crippen molar-refractivity contribution in [1.29, 1.82) is 0 Å². The maximum Gasteiger partial charge on any atom is 0.343 e. The Bertz CT molecular complexity index is 493. The van der Waals surface area contributed by atoms with Gasteiger partial charge in [0.1, 0.15) is 5.57 Å². The molecule has 0 bridgehead atoms. The number of rotatable bonds is 6. The molecule has 100 valence electrons. The van der Waals surface area contributed by atoms with Gasteiger partial charge in [0, 0.05) is 25.1 Å². The van der Waals surface area contributed by atoms with Gasteiger partial charge < -0.3 is 10.1 Å². The number of allylic oxidation sites excluding steroid dienone is 1. The summed E-state index contributed by atoms with van der Waals surface area (Å²) >= 11 is 0. The van der Waals surface area contributed by atoms with Gasteiger partial charge in [-0.15, -0.1) is 0 Å². The summed E-state index contributed by atoms with van der Waals surface area (Å²) in [6, 6.07) is 3.57. The van der Waals surface area contributed by atoms with Crippen molar-refractivity contribution >= 4 is 17.8 Å². The van der Waals surface area contributed by atoms with E-state index in [0.717, 1.165) is 5.56 Å². The number of nitrogens with zero attached hydrogens (tertiary/aromatic N) is 1. The third kappa shape index (κ3) is 4.75. The van der Waals surface area contributed by atoms with Gasteiger partial charge in [0.2, 0.25) is 0 Å². The SMILES string of the molecule is CCN/C=C(/C(=O)/C=C/c1cccnc1)C(=O)OC. The summed E-state index contributed by atoms with van der Waals surface area (Å²) in [4.78, 5) is 27.3. The van der Waals surface area contributed by atoms with Crippen LogP contribution < -0.4 is 5.32 Å². The molecular weight excluding hydrogens is 244 g/mol. The Kier molecular flexibility index (Phi) is 6.02. The summed E-state index contributed by atoms with van der Waals surface area (Å²) in [5.74, 6) is -1.08. The first kappa shape index (κ1) is 14.6. The van der Waals surface area contributed by atoms with Crippen LogP contribution in [-0.4, -0.2) is 30.4 Å². The van der Waals surface area contributed by atoms with Crippen LogP contribution in [0.4, 0.5) is 0 Å². The molecule has 0 aromatic carbocycles. The molecule has 5 heteroatoms. The van der Waals surface area contributed by atoms with Crippen LogP contribution in [0.1, 0.15) is 12.5 Å². The van der Waals surface area contributed by atoms with E-state index in [2.05, 4.69) is 15.0 Å². The number of pyridine rings is 1. The van der Waals surface area contributed by atoms with Gasteiger partial charge in [0.15, 0.2) is 5.78 Å². The first-order valence-corrected chi connectivity index (χ1v) is 5.83. The van der Waals surface area contributed by atoms with Gasteiger partial charge in [-0.25, -0.2) is 4.79 Å². The molecule has 0 aliphatic heterocycles. The zero-order valence-corrected chi connectivity index (χ0v) is 10.9. The highest BCUT2D eigenvalue weighted by Crippen LogP contribution is 2.04. The largest absolute Gasteiger partial charge is 0.465 e. The molecular formula is C14H16N2O3. The van der Waals surface area contributed by atoms with E-state index < -0.39 is 11.8 Å². The molecule has 19 heavy (non-hydrogen) atoms. The van der Waals surface area contributed by atoms with Gasteiger partial charge in [-0.1, -0.05) is 6.07 Å². The Labute approximate surface area is 112 Å². The monoisotopic (exact) mass is 260 g/mol. The van der Waals surface area contributed by atoms with Gasteiger partial charge in [-0.3, -0.25) is 9.78 Å². The van der Waals surface area contributed by atoms with Crippen LogP contribution in [0.2, 0.25) is 0 Å². The van der Waals surface area contributed by atoms with Gasteiger partial charge >= 0.3 is 5.97 Å². The Morgan fingerprint density at radius 3 is 2.84 bits per heavy atom. The number of hydrogen-bond acceptors (Lipinski definition) is 5. The van der Waals surface area contributed by atoms with Crippen molar-refractivity contribution in [3.05, 3.63) is 47.9 Å². The van der Waals surface area contributed by atoms with Crippen molar-refractivity contribution in [2.45, 2.75) is 6.92 Å². The van der Waals surface area contributed by atoms with E-state index in [9.17, 15) is 9.59 Å². The lowest BCUT2D eigenvalue weighted by atomic mass is 10.1. The average Bonchev–Trinajstić information content (AvgIpc) is 2.46. The summed E-state index contributed by atoms with van der Waals surface area (Å²) in [6.07, 6.45) is 7.54. The molecule has 0 saturated carbocycles. The molecule has 0 saturated heterocycles. The maximum atomic E-state index is 11.9. The minimum Gasteiger partial charge on any atom is -0.465 e. The summed E-state index contributed by atoms with van der Waals surface area (Å²) in [6.45, 7) is 2.47. The van der Waals surface area contributed by atoms with Gasteiger partial charge in [0.05, 0.1) is 7.11 Å². The topological polar surface area (TPSA) is 68.3 Å². The molecule has 0 radical (unpaired) electrons. The van der Waals surface area contributed by atoms with Crippen LogP contribution in [0.5, 0.6) is 0 Å². The fourth-order valence-corrected chi connectivity index (χ4v) is 1.28. The Hall–Kier alpha value is -2.43. The van der Waals surface area contributed by atoms with Crippen molar-refractivity contribution in [1.82, 2.24) is 10.3 Å². The van der Waals surface area contributed by atoms with Gasteiger partial charge in [0.25, 0.3) is 0 Å². The van der Waals surface area contributed by atoms with Crippen molar-refractivity contribution < 1.29 is 14.3 Å². The Morgan fingerprint density at radius 1 is 1.47 bits per heavy atom. The van der Waals surface area contributed by atoms with Crippen LogP contribution >= 0.6 is 0 Å². The third-order valence-corrected chi connectivity index (χ3v) is 2.23. The molecule has 0 aliphatic rings. The standard InChI is InChI=1S/C14H16N2O3/c1-3-15-10-12(14(18)19-2)13(17)7-6-11-5-4-8-16-9-11/h4-10,15H,3H2,1-2H3/b7-6+,12-10-. The van der Waals surface area contributed by atoms with E-state index in [4.69, 9.17) is 0 Å². The molecule has 0 fully saturated rings. The molecule has 0 amide bonds. The molecule has 1 N–H and O–H groups in total. The van der Waals surface area contributed by atoms with Crippen LogP contribution in [0.25, 0.3) is 6.08 Å². The van der Waals surface area contributed by atoms with E-state index in [1.165, 1.54) is 19.4 Å². The zero-order valence-electron chi connectivity index (χ0n) is 10.9. The summed E-state index contributed by atoms with van der Waals surface area (Å²) in [5, 5.41) is 2.81. The normalized spacial score (nSPS) is 11.4. The average molecular weight is 260 g/mol. The number of ketones is 1. The first-order valence-electron chi connectivity index (χ1n) is 5.83. The van der Waals surface area contributed by atoms with Crippen LogP contribution in [-0.2, 0) is 14.3 Å². The molecule has 0 atom stereocenters. The van der Waals surface area contributed by atoms with E-state index in [0.29, 0.717) is 6.54 Å². The number of carbonyl (C=O) groups is 2. The Morgan fingerprint density at radius 2 is 2.26 bits per heavy atom. The van der Waals surface area contributed by atoms with Crippen LogP contribution in [0.3, 0.4) is 0 Å². The molecule has 0 spiro atoms. The first-order chi connectivity index (χ1) is 9.19. The van der Waals surface area contributed by atoms with E-state index >= 15 is 0 Å². The number of methoxy groups -OCH3 is 1. The van der Waals surface area contributed by atoms with Gasteiger partial charge in [-0.05, 0) is 30.7 Å². The highest BCUT2D eigenvalue weighted by molar-refractivity contribution is 6.22. The molecule has 0 aliphatic carbocycles. The molecule has 0 unspecified atom stereocenters. The number of carbonyl (C=O) groups excluding carboxylic acids is 2. The summed E-state index contributed by atoms with van der Waals surface area (Å²) in [5.41, 5.74) is 0.744. The molecule has 5 nitrogen and oxygen atoms in total. The van der Waals surface area contributed by atoms with Gasteiger partial charge in [-0.2, -0.15) is 0 Å². The second-order valence-electron chi connectivity index (χ2n) is 3.59. The maximum absolute atomic E-state index is 11.9. The Balaban J connectivity index is 2.83. The molecule has 1 heterocycles. The highest BCUT2D eigenvalue weighted by atomic mass is 16.5. The summed E-state index contributed by atoms with van der Waals surface area (Å²) < 4.78 is 4.57. The van der Waals surface area contributed by atoms with Crippen molar-refractivity contribution in [2.24, 2.45) is 0 Å². The predicted molar refractivity (Wildman–Crippen MR) is 72.1 cm³/mol. The second-order valence-corrected chi connectivity index (χ2v) is 3.59. The van der Waals surface area contributed by atoms with E-state index in [-0.39, 0.29) is 5.57 Å². The number of hydrogen-bond donors (Lipinski definition) is 1. The van der Waals surface area contributed by atoms with Crippen LogP contribution in [0, 0.1) is 0 Å². The molecule has 1 rings (SSSR count). The molecule has 1 aromatic heterocycles. The molecule has 1 aromatic rings. The zero-order chi connectivity index (χ0) is 14.1. The fraction of sp³-hybridized carbons (Fsp3) is 0.214. The quantitative estimate of drug-likeness (QED) is 0.362. The van der Waals surface area contributed by atoms with Crippen LogP contribution in [0.15, 0.2) is 42.4 Å². The number of ether oxygens (including phenoxy) is 1. The summed E-state index contributed by atoms with van der Waals surface area (Å²) in [7, 11) is 1.24. The minimum atomic E-state index is -0.665. The highest BCUT2D eigenvalue weighted by Gasteiger charge is 2.16. The van der Waals surface area contributed by atoms with Crippen molar-refractivity contribution in [2.75, 3.05) is 13.7 Å². The lowest BCUT2D eigenvalue weighted by Crippen LogP contribution is -2.17. The number of aromatic nitrogens is 1. The van der Waals surface area contributed by atoms with E-state index in [1.54, 1.807) is 24.5 Å². The number of nitrogens with one attached hydrogen (secondary N) is 1. The van der Waals surface area contributed by atoms with Crippen molar-refractivity contribution in [3.8, 4) is 0 Å². The smallest absolute Gasteiger partial charge is 0.343 e. The van der Waals surface area contributed by atoms with E-state index in [1.807, 2.05) is 13.0 Å². The second kappa shape index (κ2) is 7.81.